The standard InChI is InChI=1S/C18H16BrFN2OS/c1-11(2)9-22-15(7-16-17(22)13(19)10-24-16)18(23)21-8-12-5-3-4-6-14(12)20/h3-7,10H,1,8-9H2,2H3,(H,21,23). The van der Waals surface area contributed by atoms with Gasteiger partial charge in [-0.1, -0.05) is 30.4 Å². The lowest BCUT2D eigenvalue weighted by Gasteiger charge is -2.11. The molecule has 0 atom stereocenters. The van der Waals surface area contributed by atoms with E-state index < -0.39 is 0 Å². The number of carbonyl (C=O) groups is 1. The van der Waals surface area contributed by atoms with Crippen molar-refractivity contribution >= 4 is 43.4 Å². The third-order valence-corrected chi connectivity index (χ3v) is 5.46. The van der Waals surface area contributed by atoms with Crippen LogP contribution in [0.5, 0.6) is 0 Å². The summed E-state index contributed by atoms with van der Waals surface area (Å²) in [6.45, 7) is 6.57. The number of carbonyl (C=O) groups excluding carboxylic acids is 1. The number of rotatable bonds is 5. The molecule has 2 aromatic heterocycles. The normalized spacial score (nSPS) is 11.0. The topological polar surface area (TPSA) is 34.0 Å². The number of aromatic nitrogens is 1. The summed E-state index contributed by atoms with van der Waals surface area (Å²) < 4.78 is 17.6. The minimum Gasteiger partial charge on any atom is -0.347 e. The molecular weight excluding hydrogens is 391 g/mol. The Balaban J connectivity index is 1.89. The summed E-state index contributed by atoms with van der Waals surface area (Å²) in [4.78, 5) is 12.6. The van der Waals surface area contributed by atoms with Gasteiger partial charge in [0, 0.05) is 24.0 Å². The molecule has 0 aliphatic heterocycles. The van der Waals surface area contributed by atoms with Gasteiger partial charge in [0.05, 0.1) is 14.7 Å². The Bertz CT molecular complexity index is 928. The summed E-state index contributed by atoms with van der Waals surface area (Å²) in [6.07, 6.45) is 0. The van der Waals surface area contributed by atoms with Crippen LogP contribution in [0.2, 0.25) is 0 Å². The van der Waals surface area contributed by atoms with Gasteiger partial charge in [-0.15, -0.1) is 11.3 Å². The van der Waals surface area contributed by atoms with Gasteiger partial charge in [0.2, 0.25) is 0 Å². The first-order valence-corrected chi connectivity index (χ1v) is 9.07. The van der Waals surface area contributed by atoms with Crippen LogP contribution in [0.1, 0.15) is 23.0 Å². The van der Waals surface area contributed by atoms with Gasteiger partial charge >= 0.3 is 0 Å². The van der Waals surface area contributed by atoms with E-state index in [9.17, 15) is 9.18 Å². The predicted octanol–water partition coefficient (Wildman–Crippen LogP) is 5.11. The van der Waals surface area contributed by atoms with E-state index in [-0.39, 0.29) is 18.3 Å². The Hall–Kier alpha value is -1.92. The molecule has 0 bridgehead atoms. The second kappa shape index (κ2) is 6.91. The second-order valence-electron chi connectivity index (χ2n) is 5.64. The average Bonchev–Trinajstić information content (AvgIpc) is 3.07. The maximum atomic E-state index is 13.7. The molecule has 0 fully saturated rings. The Labute approximate surface area is 151 Å². The summed E-state index contributed by atoms with van der Waals surface area (Å²) in [6, 6.07) is 8.30. The van der Waals surface area contributed by atoms with E-state index in [0.29, 0.717) is 17.8 Å². The molecule has 0 saturated carbocycles. The van der Waals surface area contributed by atoms with Crippen molar-refractivity contribution in [1.82, 2.24) is 9.88 Å². The molecule has 1 amide bonds. The number of hydrogen-bond donors (Lipinski definition) is 1. The number of allylic oxidation sites excluding steroid dienone is 1. The molecule has 0 aliphatic carbocycles. The zero-order valence-electron chi connectivity index (χ0n) is 13.1. The molecule has 24 heavy (non-hydrogen) atoms. The van der Waals surface area contributed by atoms with Crippen molar-refractivity contribution in [3.8, 4) is 0 Å². The summed E-state index contributed by atoms with van der Waals surface area (Å²) in [5.74, 6) is -0.548. The largest absolute Gasteiger partial charge is 0.347 e. The summed E-state index contributed by atoms with van der Waals surface area (Å²) in [5, 5.41) is 4.80. The van der Waals surface area contributed by atoms with Crippen molar-refractivity contribution in [2.24, 2.45) is 0 Å². The molecule has 1 N–H and O–H groups in total. The zero-order chi connectivity index (χ0) is 17.3. The number of hydrogen-bond acceptors (Lipinski definition) is 2. The Morgan fingerprint density at radius 3 is 2.88 bits per heavy atom. The minimum atomic E-state index is -0.321. The number of nitrogens with one attached hydrogen (secondary N) is 1. The number of fused-ring (bicyclic) bond motifs is 1. The highest BCUT2D eigenvalue weighted by Crippen LogP contribution is 2.33. The molecule has 0 spiro atoms. The molecular formula is C18H16BrFN2OS. The smallest absolute Gasteiger partial charge is 0.268 e. The first-order valence-electron chi connectivity index (χ1n) is 7.39. The fourth-order valence-corrected chi connectivity index (χ4v) is 4.25. The van der Waals surface area contributed by atoms with Gasteiger partial charge in [-0.05, 0) is 35.0 Å². The maximum Gasteiger partial charge on any atom is 0.268 e. The third kappa shape index (κ3) is 3.30. The molecule has 2 heterocycles. The van der Waals surface area contributed by atoms with E-state index in [1.54, 1.807) is 29.5 Å². The number of halogens is 2. The van der Waals surface area contributed by atoms with Gasteiger partial charge in [0.25, 0.3) is 5.91 Å². The lowest BCUT2D eigenvalue weighted by Crippen LogP contribution is -2.26. The summed E-state index contributed by atoms with van der Waals surface area (Å²) in [7, 11) is 0. The second-order valence-corrected chi connectivity index (χ2v) is 7.41. The van der Waals surface area contributed by atoms with Crippen LogP contribution in [0.15, 0.2) is 52.3 Å². The molecule has 6 heteroatoms. The Morgan fingerprint density at radius 1 is 1.42 bits per heavy atom. The van der Waals surface area contributed by atoms with Crippen molar-refractivity contribution in [2.75, 3.05) is 0 Å². The quantitative estimate of drug-likeness (QED) is 0.586. The Morgan fingerprint density at radius 2 is 2.17 bits per heavy atom. The van der Waals surface area contributed by atoms with E-state index in [1.807, 2.05) is 22.9 Å². The van der Waals surface area contributed by atoms with Crippen LogP contribution in [0.3, 0.4) is 0 Å². The molecule has 3 nitrogen and oxygen atoms in total. The minimum absolute atomic E-state index is 0.151. The summed E-state index contributed by atoms with van der Waals surface area (Å²) in [5.41, 5.74) is 2.96. The van der Waals surface area contributed by atoms with E-state index in [1.165, 1.54) is 6.07 Å². The number of amides is 1. The van der Waals surface area contributed by atoms with Crippen molar-refractivity contribution < 1.29 is 9.18 Å². The van der Waals surface area contributed by atoms with Crippen molar-refractivity contribution in [3.63, 3.8) is 0 Å². The van der Waals surface area contributed by atoms with Crippen molar-refractivity contribution in [1.29, 1.82) is 0 Å². The number of nitrogens with zero attached hydrogens (tertiary/aromatic N) is 1. The molecule has 0 radical (unpaired) electrons. The molecule has 124 valence electrons. The van der Waals surface area contributed by atoms with Crippen LogP contribution in [-0.2, 0) is 13.1 Å². The molecule has 3 rings (SSSR count). The first-order chi connectivity index (χ1) is 11.5. The van der Waals surface area contributed by atoms with Gasteiger partial charge in [0.15, 0.2) is 0 Å². The van der Waals surface area contributed by atoms with Gasteiger partial charge in [0.1, 0.15) is 11.5 Å². The highest BCUT2D eigenvalue weighted by molar-refractivity contribution is 9.10. The van der Waals surface area contributed by atoms with E-state index in [4.69, 9.17) is 0 Å². The monoisotopic (exact) mass is 406 g/mol. The van der Waals surface area contributed by atoms with E-state index in [0.717, 1.165) is 20.3 Å². The van der Waals surface area contributed by atoms with Crippen molar-refractivity contribution in [3.05, 3.63) is 69.4 Å². The fourth-order valence-electron chi connectivity index (χ4n) is 2.56. The molecule has 0 aliphatic rings. The molecule has 3 aromatic rings. The van der Waals surface area contributed by atoms with Gasteiger partial charge < -0.3 is 9.88 Å². The van der Waals surface area contributed by atoms with Gasteiger partial charge in [-0.2, -0.15) is 0 Å². The fraction of sp³-hybridized carbons (Fsp3) is 0.167. The lowest BCUT2D eigenvalue weighted by molar-refractivity contribution is 0.0942. The van der Waals surface area contributed by atoms with Crippen LogP contribution in [0.4, 0.5) is 4.39 Å². The zero-order valence-corrected chi connectivity index (χ0v) is 15.5. The number of thiophene rings is 1. The van der Waals surface area contributed by atoms with Crippen LogP contribution < -0.4 is 5.32 Å². The molecule has 0 saturated heterocycles. The predicted molar refractivity (Wildman–Crippen MR) is 99.9 cm³/mol. The van der Waals surface area contributed by atoms with Crippen LogP contribution in [-0.4, -0.2) is 10.5 Å². The molecule has 0 unspecified atom stereocenters. The van der Waals surface area contributed by atoms with E-state index >= 15 is 0 Å². The average molecular weight is 407 g/mol. The third-order valence-electron chi connectivity index (χ3n) is 3.64. The highest BCUT2D eigenvalue weighted by atomic mass is 79.9. The van der Waals surface area contributed by atoms with E-state index in [2.05, 4.69) is 27.8 Å². The van der Waals surface area contributed by atoms with Crippen LogP contribution in [0.25, 0.3) is 10.2 Å². The van der Waals surface area contributed by atoms with Gasteiger partial charge in [-0.25, -0.2) is 4.39 Å². The lowest BCUT2D eigenvalue weighted by atomic mass is 10.2. The van der Waals surface area contributed by atoms with Gasteiger partial charge in [-0.3, -0.25) is 4.79 Å². The Kier molecular flexibility index (Phi) is 4.87. The number of benzene rings is 1. The van der Waals surface area contributed by atoms with Crippen molar-refractivity contribution in [2.45, 2.75) is 20.0 Å². The maximum absolute atomic E-state index is 13.7. The van der Waals surface area contributed by atoms with Crippen LogP contribution in [0, 0.1) is 5.82 Å². The van der Waals surface area contributed by atoms with Crippen LogP contribution >= 0.6 is 27.3 Å². The molecule has 1 aromatic carbocycles. The summed E-state index contributed by atoms with van der Waals surface area (Å²) >= 11 is 5.11. The SMILES string of the molecule is C=C(C)Cn1c(C(=O)NCc2ccccc2F)cc2scc(Br)c21. The first kappa shape index (κ1) is 16.9. The highest BCUT2D eigenvalue weighted by Gasteiger charge is 2.18.